The van der Waals surface area contributed by atoms with Gasteiger partial charge in [-0.25, -0.2) is 4.79 Å². The Morgan fingerprint density at radius 1 is 1.04 bits per heavy atom. The zero-order valence-electron chi connectivity index (χ0n) is 13.5. The molecule has 0 saturated carbocycles. The molecule has 0 heterocycles. The number of hydrogen-bond acceptors (Lipinski definition) is 8. The molecule has 0 bridgehead atoms. The van der Waals surface area contributed by atoms with Crippen LogP contribution < -0.4 is 0 Å². The van der Waals surface area contributed by atoms with Crippen LogP contribution in [0.4, 0.5) is 0 Å². The van der Waals surface area contributed by atoms with Crippen molar-refractivity contribution < 1.29 is 34.7 Å². The van der Waals surface area contributed by atoms with E-state index in [2.05, 4.69) is 8.37 Å². The summed E-state index contributed by atoms with van der Waals surface area (Å²) >= 11 is 0. The van der Waals surface area contributed by atoms with Gasteiger partial charge >= 0.3 is 5.97 Å². The highest BCUT2D eigenvalue weighted by molar-refractivity contribution is 7.86. The van der Waals surface area contributed by atoms with Crippen LogP contribution in [0, 0.1) is 0 Å². The van der Waals surface area contributed by atoms with E-state index in [9.17, 15) is 21.6 Å². The minimum absolute atomic E-state index is 0.291. The lowest BCUT2D eigenvalue weighted by Gasteiger charge is -2.19. The van der Waals surface area contributed by atoms with Crippen LogP contribution in [-0.4, -0.2) is 48.0 Å². The Balaban J connectivity index is 2.75. The Morgan fingerprint density at radius 3 is 2.12 bits per heavy atom. The van der Waals surface area contributed by atoms with Gasteiger partial charge in [-0.05, 0) is 12.5 Å². The maximum absolute atomic E-state index is 12.1. The molecule has 0 radical (unpaired) electrons. The molecule has 24 heavy (non-hydrogen) atoms. The first kappa shape index (κ1) is 20.6. The third-order valence-corrected chi connectivity index (χ3v) is 3.97. The second-order valence-corrected chi connectivity index (χ2v) is 8.34. The number of rotatable bonds is 9. The van der Waals surface area contributed by atoms with E-state index < -0.39 is 45.0 Å². The molecule has 0 N–H and O–H groups in total. The van der Waals surface area contributed by atoms with Crippen LogP contribution in [0.1, 0.15) is 25.0 Å². The van der Waals surface area contributed by atoms with Crippen LogP contribution in [0.15, 0.2) is 30.3 Å². The summed E-state index contributed by atoms with van der Waals surface area (Å²) in [6.45, 7) is 1.21. The van der Waals surface area contributed by atoms with Gasteiger partial charge in [-0.15, -0.1) is 0 Å². The normalized spacial score (nSPS) is 14.8. The lowest BCUT2D eigenvalue weighted by Crippen LogP contribution is -2.31. The number of carbonyl (C=O) groups is 1. The Hall–Kier alpha value is -1.49. The first-order chi connectivity index (χ1) is 11.0. The van der Waals surface area contributed by atoms with E-state index in [0.29, 0.717) is 0 Å². The molecule has 0 fully saturated rings. The highest BCUT2D eigenvalue weighted by atomic mass is 32.2. The summed E-state index contributed by atoms with van der Waals surface area (Å²) in [6.07, 6.45) is -0.783. The minimum Gasteiger partial charge on any atom is -0.456 e. The lowest BCUT2D eigenvalue weighted by molar-refractivity contribution is -0.157. The van der Waals surface area contributed by atoms with Crippen molar-refractivity contribution >= 4 is 26.2 Å². The summed E-state index contributed by atoms with van der Waals surface area (Å²) in [7, 11) is -7.65. The number of ether oxygens (including phenoxy) is 1. The van der Waals surface area contributed by atoms with Crippen molar-refractivity contribution in [3.63, 3.8) is 0 Å². The van der Waals surface area contributed by atoms with Gasteiger partial charge in [0.2, 0.25) is 0 Å². The first-order valence-corrected chi connectivity index (χ1v) is 10.6. The summed E-state index contributed by atoms with van der Waals surface area (Å²) in [4.78, 5) is 12.1. The largest absolute Gasteiger partial charge is 0.456 e. The Labute approximate surface area is 142 Å². The van der Waals surface area contributed by atoms with Gasteiger partial charge in [-0.1, -0.05) is 30.3 Å². The number of esters is 1. The summed E-state index contributed by atoms with van der Waals surface area (Å²) in [6, 6.07) is 8.83. The van der Waals surface area contributed by atoms with E-state index in [-0.39, 0.29) is 6.42 Å². The van der Waals surface area contributed by atoms with Crippen molar-refractivity contribution in [1.82, 2.24) is 0 Å². The zero-order chi connectivity index (χ0) is 18.4. The second-order valence-electron chi connectivity index (χ2n) is 5.09. The highest BCUT2D eigenvalue weighted by Gasteiger charge is 2.27. The molecule has 8 nitrogen and oxygen atoms in total. The number of benzene rings is 1. The van der Waals surface area contributed by atoms with Crippen molar-refractivity contribution in [3.05, 3.63) is 35.9 Å². The summed E-state index contributed by atoms with van der Waals surface area (Å²) in [5, 5.41) is 0. The SMILES string of the molecule is CC(OC(=O)C(CCOS(C)(=O)=O)OS(C)(=O)=O)c1ccccc1. The average Bonchev–Trinajstić information content (AvgIpc) is 2.44. The van der Waals surface area contributed by atoms with Crippen LogP contribution in [0.2, 0.25) is 0 Å². The highest BCUT2D eigenvalue weighted by Crippen LogP contribution is 2.18. The van der Waals surface area contributed by atoms with Gasteiger partial charge in [0.15, 0.2) is 6.10 Å². The molecule has 1 aromatic carbocycles. The molecule has 1 rings (SSSR count). The quantitative estimate of drug-likeness (QED) is 0.461. The fraction of sp³-hybridized carbons (Fsp3) is 0.500. The van der Waals surface area contributed by atoms with Crippen molar-refractivity contribution in [2.24, 2.45) is 0 Å². The molecule has 0 aliphatic heterocycles. The summed E-state index contributed by atoms with van der Waals surface area (Å²) < 4.78 is 58.8. The molecule has 0 spiro atoms. The first-order valence-electron chi connectivity index (χ1n) is 6.96. The van der Waals surface area contributed by atoms with Gasteiger partial charge in [0.25, 0.3) is 20.2 Å². The third kappa shape index (κ3) is 8.39. The molecular weight excluding hydrogens is 360 g/mol. The summed E-state index contributed by atoms with van der Waals surface area (Å²) in [5.74, 6) is -0.922. The van der Waals surface area contributed by atoms with Gasteiger partial charge in [-0.2, -0.15) is 16.8 Å². The lowest BCUT2D eigenvalue weighted by atomic mass is 10.1. The van der Waals surface area contributed by atoms with Gasteiger partial charge in [-0.3, -0.25) is 8.37 Å². The molecule has 2 atom stereocenters. The van der Waals surface area contributed by atoms with E-state index >= 15 is 0 Å². The van der Waals surface area contributed by atoms with E-state index in [4.69, 9.17) is 4.74 Å². The summed E-state index contributed by atoms with van der Waals surface area (Å²) in [5.41, 5.74) is 0.719. The van der Waals surface area contributed by atoms with Gasteiger partial charge in [0.1, 0.15) is 6.10 Å². The van der Waals surface area contributed by atoms with E-state index in [1.54, 1.807) is 37.3 Å². The van der Waals surface area contributed by atoms with Crippen molar-refractivity contribution in [1.29, 1.82) is 0 Å². The van der Waals surface area contributed by atoms with Crippen molar-refractivity contribution in [3.8, 4) is 0 Å². The fourth-order valence-corrected chi connectivity index (χ4v) is 2.76. The maximum Gasteiger partial charge on any atom is 0.337 e. The molecule has 2 unspecified atom stereocenters. The molecule has 0 amide bonds. The van der Waals surface area contributed by atoms with Crippen LogP contribution in [0.3, 0.4) is 0 Å². The predicted molar refractivity (Wildman–Crippen MR) is 86.1 cm³/mol. The smallest absolute Gasteiger partial charge is 0.337 e. The van der Waals surface area contributed by atoms with Crippen LogP contribution >= 0.6 is 0 Å². The topological polar surface area (TPSA) is 113 Å². The standard InChI is InChI=1S/C14H20O8S2/c1-11(12-7-5-4-6-8-12)21-14(15)13(22-24(3,18)19)9-10-20-23(2,16)17/h4-8,11,13H,9-10H2,1-3H3. The molecule has 10 heteroatoms. The maximum atomic E-state index is 12.1. The van der Waals surface area contributed by atoms with Crippen molar-refractivity contribution in [2.75, 3.05) is 19.1 Å². The van der Waals surface area contributed by atoms with Gasteiger partial charge in [0.05, 0.1) is 19.1 Å². The van der Waals surface area contributed by atoms with Crippen LogP contribution in [-0.2, 0) is 38.1 Å². The zero-order valence-corrected chi connectivity index (χ0v) is 15.2. The number of carbonyl (C=O) groups excluding carboxylic acids is 1. The molecule has 0 saturated heterocycles. The Kier molecular flexibility index (Phi) is 7.33. The monoisotopic (exact) mass is 380 g/mol. The second kappa shape index (κ2) is 8.56. The fourth-order valence-electron chi connectivity index (χ4n) is 1.76. The molecule has 0 aliphatic rings. The molecule has 1 aromatic rings. The number of hydrogen-bond donors (Lipinski definition) is 0. The van der Waals surface area contributed by atoms with Gasteiger partial charge < -0.3 is 4.74 Å². The molecule has 0 aliphatic carbocycles. The Morgan fingerprint density at radius 2 is 1.62 bits per heavy atom. The van der Waals surface area contributed by atoms with Crippen LogP contribution in [0.25, 0.3) is 0 Å². The molecular formula is C14H20O8S2. The third-order valence-electron chi connectivity index (χ3n) is 2.79. The van der Waals surface area contributed by atoms with E-state index in [0.717, 1.165) is 18.1 Å². The van der Waals surface area contributed by atoms with Crippen molar-refractivity contribution in [2.45, 2.75) is 25.6 Å². The Bertz CT molecular complexity index is 740. The molecule has 0 aromatic heterocycles. The van der Waals surface area contributed by atoms with E-state index in [1.807, 2.05) is 0 Å². The minimum atomic E-state index is -3.94. The van der Waals surface area contributed by atoms with Gasteiger partial charge in [0, 0.05) is 6.42 Å². The predicted octanol–water partition coefficient (Wildman–Crippen LogP) is 1.00. The van der Waals surface area contributed by atoms with E-state index in [1.165, 1.54) is 0 Å². The van der Waals surface area contributed by atoms with Crippen LogP contribution in [0.5, 0.6) is 0 Å². The average molecular weight is 380 g/mol. The molecule has 136 valence electrons.